The summed E-state index contributed by atoms with van der Waals surface area (Å²) in [6.45, 7) is 3.53. The number of rotatable bonds is 6. The highest BCUT2D eigenvalue weighted by Gasteiger charge is 2.24. The quantitative estimate of drug-likeness (QED) is 0.591. The van der Waals surface area contributed by atoms with Crippen molar-refractivity contribution in [3.63, 3.8) is 0 Å². The van der Waals surface area contributed by atoms with Crippen molar-refractivity contribution in [3.05, 3.63) is 57.5 Å². The maximum Gasteiger partial charge on any atom is 0.260 e. The number of fused-ring (bicyclic) bond motifs is 2. The Bertz CT molecular complexity index is 1140. The third-order valence-electron chi connectivity index (χ3n) is 5.99. The zero-order valence-corrected chi connectivity index (χ0v) is 17.7. The molecule has 8 heteroatoms. The van der Waals surface area contributed by atoms with Gasteiger partial charge >= 0.3 is 0 Å². The van der Waals surface area contributed by atoms with E-state index in [4.69, 9.17) is 19.4 Å². The van der Waals surface area contributed by atoms with Gasteiger partial charge in [0.05, 0.1) is 23.6 Å². The second-order valence-corrected chi connectivity index (χ2v) is 8.03. The van der Waals surface area contributed by atoms with Crippen LogP contribution in [0, 0.1) is 0 Å². The molecule has 5 rings (SSSR count). The van der Waals surface area contributed by atoms with E-state index in [1.54, 1.807) is 7.11 Å². The maximum absolute atomic E-state index is 13.0. The molecule has 162 valence electrons. The molecule has 4 heterocycles. The zero-order valence-electron chi connectivity index (χ0n) is 17.7. The molecule has 2 aliphatic rings. The highest BCUT2D eigenvalue weighted by Crippen LogP contribution is 2.32. The summed E-state index contributed by atoms with van der Waals surface area (Å²) in [6.07, 6.45) is 2.75. The van der Waals surface area contributed by atoms with Crippen molar-refractivity contribution < 1.29 is 9.47 Å². The average Bonchev–Trinajstić information content (AvgIpc) is 3.33. The summed E-state index contributed by atoms with van der Waals surface area (Å²) in [6, 6.07) is 9.93. The fraction of sp³-hybridized carbons (Fsp3) is 0.435. The van der Waals surface area contributed by atoms with E-state index in [-0.39, 0.29) is 11.7 Å². The first kappa shape index (κ1) is 20.0. The van der Waals surface area contributed by atoms with Crippen LogP contribution in [0.5, 0.6) is 0 Å². The number of aromatic amines is 1. The van der Waals surface area contributed by atoms with Crippen molar-refractivity contribution in [2.45, 2.75) is 31.9 Å². The van der Waals surface area contributed by atoms with Gasteiger partial charge in [-0.25, -0.2) is 9.97 Å². The predicted octanol–water partition coefficient (Wildman–Crippen LogP) is 2.79. The van der Waals surface area contributed by atoms with Crippen LogP contribution in [0.15, 0.2) is 35.1 Å². The Kier molecular flexibility index (Phi) is 5.57. The predicted molar refractivity (Wildman–Crippen MR) is 120 cm³/mol. The lowest BCUT2D eigenvalue weighted by Gasteiger charge is -2.29. The number of nitrogens with zero attached hydrogens (tertiary/aromatic N) is 3. The Hall–Kier alpha value is -2.97. The van der Waals surface area contributed by atoms with E-state index in [0.717, 1.165) is 61.6 Å². The molecule has 2 N–H and O–H groups in total. The molecule has 31 heavy (non-hydrogen) atoms. The Morgan fingerprint density at radius 2 is 2.23 bits per heavy atom. The highest BCUT2D eigenvalue weighted by atomic mass is 16.5. The number of H-pyrrole nitrogens is 1. The highest BCUT2D eigenvalue weighted by molar-refractivity contribution is 5.82. The number of anilines is 2. The number of nitrogens with one attached hydrogen (secondary N) is 2. The van der Waals surface area contributed by atoms with Crippen LogP contribution < -0.4 is 15.8 Å². The zero-order chi connectivity index (χ0) is 21.2. The van der Waals surface area contributed by atoms with E-state index in [0.29, 0.717) is 30.0 Å². The van der Waals surface area contributed by atoms with E-state index < -0.39 is 0 Å². The summed E-state index contributed by atoms with van der Waals surface area (Å²) < 4.78 is 10.9. The molecule has 0 radical (unpaired) electrons. The number of ether oxygens (including phenoxy) is 2. The minimum absolute atomic E-state index is 0.0166. The van der Waals surface area contributed by atoms with E-state index in [1.165, 1.54) is 0 Å². The Morgan fingerprint density at radius 1 is 1.29 bits per heavy atom. The van der Waals surface area contributed by atoms with Gasteiger partial charge < -0.3 is 19.7 Å². The smallest absolute Gasteiger partial charge is 0.260 e. The van der Waals surface area contributed by atoms with Crippen molar-refractivity contribution in [2.24, 2.45) is 0 Å². The van der Waals surface area contributed by atoms with Crippen LogP contribution in [0.2, 0.25) is 0 Å². The molecule has 2 aliphatic heterocycles. The standard InChI is InChI=1S/C23H27N5O3/c1-30-13-10-24-20-8-7-15-14-28(11-9-17(15)25-20)23-26-18-5-2-4-16(19-6-3-12-31-19)21(18)22(29)27-23/h2,4-5,7-8,19H,3,6,9-14H2,1H3,(H,24,25)(H,26,27,29). The molecule has 2 aromatic heterocycles. The number of pyridine rings is 1. The van der Waals surface area contributed by atoms with Gasteiger partial charge in [0.15, 0.2) is 0 Å². The third-order valence-corrected chi connectivity index (χ3v) is 5.99. The minimum Gasteiger partial charge on any atom is -0.383 e. The van der Waals surface area contributed by atoms with Crippen molar-refractivity contribution in [1.29, 1.82) is 0 Å². The van der Waals surface area contributed by atoms with Gasteiger partial charge in [0.1, 0.15) is 5.82 Å². The molecular formula is C23H27N5O3. The van der Waals surface area contributed by atoms with Crippen LogP contribution in [0.4, 0.5) is 11.8 Å². The van der Waals surface area contributed by atoms with Crippen molar-refractivity contribution in [1.82, 2.24) is 15.0 Å². The van der Waals surface area contributed by atoms with Crippen LogP contribution in [-0.2, 0) is 22.4 Å². The van der Waals surface area contributed by atoms with E-state index in [2.05, 4.69) is 21.3 Å². The van der Waals surface area contributed by atoms with Gasteiger partial charge in [-0.15, -0.1) is 0 Å². The first-order chi connectivity index (χ1) is 15.2. The lowest BCUT2D eigenvalue weighted by molar-refractivity contribution is 0.113. The van der Waals surface area contributed by atoms with Crippen LogP contribution in [0.3, 0.4) is 0 Å². The summed E-state index contributed by atoms with van der Waals surface area (Å²) in [4.78, 5) is 27.7. The van der Waals surface area contributed by atoms with E-state index in [9.17, 15) is 4.79 Å². The topological polar surface area (TPSA) is 92.4 Å². The molecule has 8 nitrogen and oxygen atoms in total. The van der Waals surface area contributed by atoms with Gasteiger partial charge in [0.25, 0.3) is 5.56 Å². The third kappa shape index (κ3) is 4.00. The normalized spacial score (nSPS) is 18.4. The number of hydrogen-bond acceptors (Lipinski definition) is 7. The van der Waals surface area contributed by atoms with Gasteiger partial charge in [-0.3, -0.25) is 9.78 Å². The fourth-order valence-corrected chi connectivity index (χ4v) is 4.42. The Balaban J connectivity index is 1.40. The summed E-state index contributed by atoms with van der Waals surface area (Å²) in [5.41, 5.74) is 3.79. The first-order valence-electron chi connectivity index (χ1n) is 10.8. The van der Waals surface area contributed by atoms with Gasteiger partial charge in [-0.05, 0) is 36.1 Å². The molecule has 1 atom stereocenters. The Labute approximate surface area is 180 Å². The molecular weight excluding hydrogens is 394 g/mol. The molecule has 1 aromatic carbocycles. The average molecular weight is 422 g/mol. The monoisotopic (exact) mass is 421 g/mol. The summed E-state index contributed by atoms with van der Waals surface area (Å²) in [5.74, 6) is 1.47. The number of aromatic nitrogens is 3. The molecule has 0 spiro atoms. The number of hydrogen-bond donors (Lipinski definition) is 2. The van der Waals surface area contributed by atoms with Gasteiger partial charge in [0, 0.05) is 45.5 Å². The summed E-state index contributed by atoms with van der Waals surface area (Å²) in [5, 5.41) is 3.92. The summed E-state index contributed by atoms with van der Waals surface area (Å²) >= 11 is 0. The number of methoxy groups -OCH3 is 1. The second kappa shape index (κ2) is 8.64. The van der Waals surface area contributed by atoms with Crippen LogP contribution in [0.1, 0.15) is 35.8 Å². The van der Waals surface area contributed by atoms with E-state index in [1.807, 2.05) is 24.3 Å². The lowest BCUT2D eigenvalue weighted by atomic mass is 10.0. The molecule has 1 saturated heterocycles. The lowest BCUT2D eigenvalue weighted by Crippen LogP contribution is -2.33. The van der Waals surface area contributed by atoms with Crippen LogP contribution in [-0.4, -0.2) is 48.4 Å². The molecule has 0 amide bonds. The van der Waals surface area contributed by atoms with E-state index >= 15 is 0 Å². The maximum atomic E-state index is 13.0. The Morgan fingerprint density at radius 3 is 3.06 bits per heavy atom. The van der Waals surface area contributed by atoms with Crippen molar-refractivity contribution in [3.8, 4) is 0 Å². The summed E-state index contributed by atoms with van der Waals surface area (Å²) in [7, 11) is 1.69. The fourth-order valence-electron chi connectivity index (χ4n) is 4.42. The van der Waals surface area contributed by atoms with Gasteiger partial charge in [0.2, 0.25) is 5.95 Å². The largest absolute Gasteiger partial charge is 0.383 e. The SMILES string of the molecule is COCCNc1ccc2c(n1)CCN(c1nc3cccc(C4CCCO4)c3c(=O)[nH]1)C2. The molecule has 0 aliphatic carbocycles. The van der Waals surface area contributed by atoms with Crippen LogP contribution in [0.25, 0.3) is 10.9 Å². The minimum atomic E-state index is -0.104. The van der Waals surface area contributed by atoms with Crippen molar-refractivity contribution in [2.75, 3.05) is 43.6 Å². The van der Waals surface area contributed by atoms with Crippen molar-refractivity contribution >= 4 is 22.7 Å². The van der Waals surface area contributed by atoms with Crippen LogP contribution >= 0.6 is 0 Å². The molecule has 3 aromatic rings. The van der Waals surface area contributed by atoms with Gasteiger partial charge in [-0.1, -0.05) is 18.2 Å². The molecule has 0 bridgehead atoms. The van der Waals surface area contributed by atoms with Gasteiger partial charge in [-0.2, -0.15) is 0 Å². The number of benzene rings is 1. The molecule has 1 unspecified atom stereocenters. The second-order valence-electron chi connectivity index (χ2n) is 8.03. The first-order valence-corrected chi connectivity index (χ1v) is 10.8. The molecule has 0 saturated carbocycles. The molecule has 1 fully saturated rings.